The smallest absolute Gasteiger partial charge is 0.136 e. The molecule has 3 nitrogen and oxygen atoms in total. The maximum absolute atomic E-state index is 6.18. The molecule has 2 aromatic heterocycles. The van der Waals surface area contributed by atoms with E-state index >= 15 is 0 Å². The summed E-state index contributed by atoms with van der Waals surface area (Å²) >= 11 is 0. The molecule has 3 heteroatoms. The molecule has 0 fully saturated rings. The highest BCUT2D eigenvalue weighted by atomic mass is 16.3. The average Bonchev–Trinajstić information content (AvgIpc) is 3.88. The number of anilines is 3. The summed E-state index contributed by atoms with van der Waals surface area (Å²) < 4.78 is 8.56. The minimum atomic E-state index is 0.911. The first-order valence-electron chi connectivity index (χ1n) is 20.8. The molecule has 0 saturated heterocycles. The lowest BCUT2D eigenvalue weighted by molar-refractivity contribution is 0.669. The molecule has 0 bridgehead atoms. The SMILES string of the molecule is c1cc(-c2ccc(N(c3ccc(-c4ccc(-c5ccc6c(c5)oc5ccccc56)cc4)cc3)c3ccc4ccccc4c3)cc2)cc(-n2c3ccccc3c3ccccc32)c1. The largest absolute Gasteiger partial charge is 0.456 e. The Morgan fingerprint density at radius 2 is 0.787 bits per heavy atom. The van der Waals surface area contributed by atoms with Gasteiger partial charge in [0.25, 0.3) is 0 Å². The van der Waals surface area contributed by atoms with Gasteiger partial charge in [-0.05, 0) is 123 Å². The molecule has 0 unspecified atom stereocenters. The van der Waals surface area contributed by atoms with Crippen LogP contribution >= 0.6 is 0 Å². The van der Waals surface area contributed by atoms with Gasteiger partial charge in [0, 0.05) is 44.3 Å². The molecule has 0 aliphatic rings. The van der Waals surface area contributed by atoms with Crippen molar-refractivity contribution in [2.75, 3.05) is 4.90 Å². The van der Waals surface area contributed by atoms with Crippen molar-refractivity contribution in [1.82, 2.24) is 4.57 Å². The van der Waals surface area contributed by atoms with Crippen molar-refractivity contribution in [2.24, 2.45) is 0 Å². The van der Waals surface area contributed by atoms with Crippen LogP contribution in [0.3, 0.4) is 0 Å². The third kappa shape index (κ3) is 6.06. The van der Waals surface area contributed by atoms with Crippen LogP contribution in [0.15, 0.2) is 235 Å². The maximum Gasteiger partial charge on any atom is 0.136 e. The van der Waals surface area contributed by atoms with Gasteiger partial charge < -0.3 is 13.9 Å². The molecule has 0 amide bonds. The van der Waals surface area contributed by atoms with Crippen LogP contribution in [0.4, 0.5) is 17.1 Å². The van der Waals surface area contributed by atoms with Gasteiger partial charge in [0.1, 0.15) is 11.2 Å². The molecule has 0 spiro atoms. The van der Waals surface area contributed by atoms with Crippen LogP contribution in [-0.4, -0.2) is 4.57 Å². The molecule has 61 heavy (non-hydrogen) atoms. The van der Waals surface area contributed by atoms with E-state index in [-0.39, 0.29) is 0 Å². The van der Waals surface area contributed by atoms with Crippen molar-refractivity contribution >= 4 is 71.6 Å². The Labute approximate surface area is 353 Å². The lowest BCUT2D eigenvalue weighted by Gasteiger charge is -2.26. The van der Waals surface area contributed by atoms with Crippen LogP contribution in [0.1, 0.15) is 0 Å². The predicted octanol–water partition coefficient (Wildman–Crippen LogP) is 16.3. The second-order valence-corrected chi connectivity index (χ2v) is 15.8. The van der Waals surface area contributed by atoms with Crippen LogP contribution < -0.4 is 4.90 Å². The fourth-order valence-electron chi connectivity index (χ4n) is 9.15. The molecule has 12 rings (SSSR count). The Bertz CT molecular complexity index is 3520. The Morgan fingerprint density at radius 3 is 1.46 bits per heavy atom. The third-order valence-electron chi connectivity index (χ3n) is 12.2. The van der Waals surface area contributed by atoms with Gasteiger partial charge >= 0.3 is 0 Å². The first kappa shape index (κ1) is 34.9. The summed E-state index contributed by atoms with van der Waals surface area (Å²) in [6.45, 7) is 0. The highest BCUT2D eigenvalue weighted by molar-refractivity contribution is 6.09. The minimum Gasteiger partial charge on any atom is -0.456 e. The third-order valence-corrected chi connectivity index (χ3v) is 12.2. The lowest BCUT2D eigenvalue weighted by atomic mass is 9.99. The van der Waals surface area contributed by atoms with Crippen LogP contribution in [0, 0.1) is 0 Å². The van der Waals surface area contributed by atoms with Gasteiger partial charge in [0.05, 0.1) is 11.0 Å². The summed E-state index contributed by atoms with van der Waals surface area (Å²) in [5, 5.41) is 7.26. The van der Waals surface area contributed by atoms with Crippen LogP contribution in [0.2, 0.25) is 0 Å². The van der Waals surface area contributed by atoms with Crippen molar-refractivity contribution in [2.45, 2.75) is 0 Å². The number of hydrogen-bond acceptors (Lipinski definition) is 2. The fraction of sp³-hybridized carbons (Fsp3) is 0. The molecule has 2 heterocycles. The van der Waals surface area contributed by atoms with Crippen molar-refractivity contribution in [3.8, 4) is 39.1 Å². The second-order valence-electron chi connectivity index (χ2n) is 15.8. The zero-order valence-corrected chi connectivity index (χ0v) is 33.2. The molecule has 286 valence electrons. The molecule has 0 aliphatic heterocycles. The number of benzene rings is 10. The summed E-state index contributed by atoms with van der Waals surface area (Å²) in [6, 6.07) is 83.0. The fourth-order valence-corrected chi connectivity index (χ4v) is 9.15. The Balaban J connectivity index is 0.869. The van der Waals surface area contributed by atoms with E-state index in [1.165, 1.54) is 54.8 Å². The van der Waals surface area contributed by atoms with E-state index in [1.54, 1.807) is 0 Å². The number of hydrogen-bond donors (Lipinski definition) is 0. The Hall–Kier alpha value is -8.14. The zero-order valence-electron chi connectivity index (χ0n) is 33.2. The number of nitrogens with zero attached hydrogens (tertiary/aromatic N) is 2. The van der Waals surface area contributed by atoms with Gasteiger partial charge in [0.2, 0.25) is 0 Å². The molecule has 0 N–H and O–H groups in total. The normalized spacial score (nSPS) is 11.6. The topological polar surface area (TPSA) is 21.3 Å². The van der Waals surface area contributed by atoms with E-state index in [4.69, 9.17) is 4.42 Å². The molecule has 0 atom stereocenters. The van der Waals surface area contributed by atoms with E-state index in [0.717, 1.165) is 55.8 Å². The standard InChI is InChI=1S/C58H38N2O/c1-2-11-44-37-50(34-28-39(44)10-1)59(47-30-24-41(25-31-47)40-20-22-42(23-21-40)46-29-35-54-53-16-5-8-19-57(53)61-58(54)38-46)48-32-26-43(27-33-48)45-12-9-13-49(36-45)60-55-17-6-3-14-51(55)52-15-4-7-18-56(52)60/h1-38H. The van der Waals surface area contributed by atoms with E-state index in [9.17, 15) is 0 Å². The Morgan fingerprint density at radius 1 is 0.295 bits per heavy atom. The summed E-state index contributed by atoms with van der Waals surface area (Å²) in [5.41, 5.74) is 15.7. The molecule has 0 saturated carbocycles. The molecular formula is C58H38N2O. The first-order chi connectivity index (χ1) is 30.2. The molecule has 10 aromatic carbocycles. The van der Waals surface area contributed by atoms with Gasteiger partial charge in [-0.2, -0.15) is 0 Å². The highest BCUT2D eigenvalue weighted by Gasteiger charge is 2.16. The van der Waals surface area contributed by atoms with Crippen LogP contribution in [0.5, 0.6) is 0 Å². The van der Waals surface area contributed by atoms with E-state index in [2.05, 4.69) is 228 Å². The molecular weight excluding hydrogens is 741 g/mol. The second kappa shape index (κ2) is 14.3. The zero-order chi connectivity index (χ0) is 40.3. The van der Waals surface area contributed by atoms with Crippen molar-refractivity contribution in [3.63, 3.8) is 0 Å². The number of aromatic nitrogens is 1. The van der Waals surface area contributed by atoms with Crippen molar-refractivity contribution < 1.29 is 4.42 Å². The van der Waals surface area contributed by atoms with Crippen LogP contribution in [0.25, 0.3) is 93.6 Å². The van der Waals surface area contributed by atoms with Gasteiger partial charge in [-0.1, -0.05) is 152 Å². The van der Waals surface area contributed by atoms with Crippen molar-refractivity contribution in [3.05, 3.63) is 231 Å². The number of fused-ring (bicyclic) bond motifs is 7. The van der Waals surface area contributed by atoms with Gasteiger partial charge in [-0.25, -0.2) is 0 Å². The van der Waals surface area contributed by atoms with E-state index < -0.39 is 0 Å². The Kier molecular flexibility index (Phi) is 8.17. The maximum atomic E-state index is 6.18. The first-order valence-corrected chi connectivity index (χ1v) is 20.8. The van der Waals surface area contributed by atoms with Crippen LogP contribution in [-0.2, 0) is 0 Å². The monoisotopic (exact) mass is 778 g/mol. The average molecular weight is 779 g/mol. The minimum absolute atomic E-state index is 0.911. The highest BCUT2D eigenvalue weighted by Crippen LogP contribution is 2.40. The molecule has 12 aromatic rings. The summed E-state index contributed by atoms with van der Waals surface area (Å²) in [5.74, 6) is 0. The predicted molar refractivity (Wildman–Crippen MR) is 257 cm³/mol. The lowest BCUT2D eigenvalue weighted by Crippen LogP contribution is -2.09. The van der Waals surface area contributed by atoms with Gasteiger partial charge in [-0.3, -0.25) is 0 Å². The quantitative estimate of drug-likeness (QED) is 0.161. The van der Waals surface area contributed by atoms with E-state index in [1.807, 2.05) is 12.1 Å². The number of rotatable bonds is 7. The summed E-state index contributed by atoms with van der Waals surface area (Å²) in [4.78, 5) is 2.35. The molecule has 0 aliphatic carbocycles. The number of furan rings is 1. The van der Waals surface area contributed by atoms with Gasteiger partial charge in [0.15, 0.2) is 0 Å². The van der Waals surface area contributed by atoms with E-state index in [0.29, 0.717) is 0 Å². The summed E-state index contributed by atoms with van der Waals surface area (Å²) in [6.07, 6.45) is 0. The van der Waals surface area contributed by atoms with Crippen molar-refractivity contribution in [1.29, 1.82) is 0 Å². The van der Waals surface area contributed by atoms with Gasteiger partial charge in [-0.15, -0.1) is 0 Å². The number of para-hydroxylation sites is 3. The molecule has 0 radical (unpaired) electrons. The summed E-state index contributed by atoms with van der Waals surface area (Å²) in [7, 11) is 0.